The third-order valence-corrected chi connectivity index (χ3v) is 4.39. The van der Waals surface area contributed by atoms with E-state index in [-0.39, 0.29) is 5.91 Å². The number of carbonyl (C=O) groups is 2. The number of hydrogen-bond donors (Lipinski definition) is 1. The lowest BCUT2D eigenvalue weighted by molar-refractivity contribution is -0.131. The van der Waals surface area contributed by atoms with Crippen LogP contribution >= 0.6 is 0 Å². The number of carbonyl (C=O) groups excluding carboxylic acids is 1. The molecule has 0 unspecified atom stereocenters. The lowest BCUT2D eigenvalue weighted by Gasteiger charge is -2.30. The first-order valence-electron chi connectivity index (χ1n) is 7.37. The minimum Gasteiger partial charge on any atom is -0.478 e. The Bertz CT molecular complexity index is 581. The van der Waals surface area contributed by atoms with Crippen molar-refractivity contribution < 1.29 is 14.7 Å². The van der Waals surface area contributed by atoms with Gasteiger partial charge in [0.2, 0.25) is 5.91 Å². The topological polar surface area (TPSA) is 60.9 Å². The summed E-state index contributed by atoms with van der Waals surface area (Å²) in [7, 11) is 1.88. The lowest BCUT2D eigenvalue weighted by atomic mass is 9.97. The Labute approximate surface area is 124 Å². The predicted molar refractivity (Wildman–Crippen MR) is 78.2 cm³/mol. The van der Waals surface area contributed by atoms with Crippen LogP contribution in [-0.2, 0) is 17.8 Å². The number of hydrogen-bond acceptors (Lipinski definition) is 3. The molecule has 1 aromatic rings. The molecule has 0 radical (unpaired) electrons. The van der Waals surface area contributed by atoms with E-state index < -0.39 is 5.97 Å². The van der Waals surface area contributed by atoms with E-state index in [2.05, 4.69) is 4.90 Å². The summed E-state index contributed by atoms with van der Waals surface area (Å²) in [5.74, 6) is -0.741. The SMILES string of the molecule is CN(C(=O)CN1CCc2ccc(C(=O)O)cc2C1)C1CC1. The highest BCUT2D eigenvalue weighted by atomic mass is 16.4. The first kappa shape index (κ1) is 14.1. The van der Waals surface area contributed by atoms with E-state index in [4.69, 9.17) is 5.11 Å². The van der Waals surface area contributed by atoms with Crippen LogP contribution < -0.4 is 0 Å². The van der Waals surface area contributed by atoms with E-state index in [1.807, 2.05) is 18.0 Å². The van der Waals surface area contributed by atoms with Crippen molar-refractivity contribution in [1.29, 1.82) is 0 Å². The molecule has 0 atom stereocenters. The zero-order valence-corrected chi connectivity index (χ0v) is 12.2. The van der Waals surface area contributed by atoms with Gasteiger partial charge in [0, 0.05) is 26.2 Å². The summed E-state index contributed by atoms with van der Waals surface area (Å²) in [4.78, 5) is 27.2. The van der Waals surface area contributed by atoms with Crippen molar-refractivity contribution in [3.63, 3.8) is 0 Å². The van der Waals surface area contributed by atoms with Gasteiger partial charge in [-0.1, -0.05) is 6.07 Å². The Morgan fingerprint density at radius 3 is 2.76 bits per heavy atom. The third kappa shape index (κ3) is 3.08. The number of benzene rings is 1. The van der Waals surface area contributed by atoms with Crippen molar-refractivity contribution in [3.8, 4) is 0 Å². The quantitative estimate of drug-likeness (QED) is 0.909. The molecule has 0 saturated heterocycles. The first-order valence-corrected chi connectivity index (χ1v) is 7.37. The number of carboxylic acids is 1. The molecule has 3 rings (SSSR count). The zero-order chi connectivity index (χ0) is 15.0. The summed E-state index contributed by atoms with van der Waals surface area (Å²) < 4.78 is 0. The van der Waals surface area contributed by atoms with E-state index in [1.54, 1.807) is 12.1 Å². The number of amides is 1. The monoisotopic (exact) mass is 288 g/mol. The molecule has 1 heterocycles. The number of rotatable bonds is 4. The largest absolute Gasteiger partial charge is 0.478 e. The Hall–Kier alpha value is -1.88. The molecule has 5 heteroatoms. The molecule has 1 N–H and O–H groups in total. The molecule has 5 nitrogen and oxygen atoms in total. The van der Waals surface area contributed by atoms with Crippen LogP contribution in [0, 0.1) is 0 Å². The predicted octanol–water partition coefficient (Wildman–Crippen LogP) is 1.36. The Morgan fingerprint density at radius 1 is 1.33 bits per heavy atom. The molecule has 0 spiro atoms. The maximum atomic E-state index is 12.2. The van der Waals surface area contributed by atoms with Crippen molar-refractivity contribution in [1.82, 2.24) is 9.80 Å². The maximum Gasteiger partial charge on any atom is 0.335 e. The smallest absolute Gasteiger partial charge is 0.335 e. The molecule has 21 heavy (non-hydrogen) atoms. The number of likely N-dealkylation sites (N-methyl/N-ethyl adjacent to an activating group) is 1. The van der Waals surface area contributed by atoms with Crippen molar-refractivity contribution in [2.45, 2.75) is 31.8 Å². The van der Waals surface area contributed by atoms with E-state index in [1.165, 1.54) is 5.56 Å². The fourth-order valence-corrected chi connectivity index (χ4v) is 2.85. The molecule has 1 amide bonds. The summed E-state index contributed by atoms with van der Waals surface area (Å²) in [6, 6.07) is 5.73. The van der Waals surface area contributed by atoms with Crippen LogP contribution in [0.3, 0.4) is 0 Å². The van der Waals surface area contributed by atoms with Gasteiger partial charge in [-0.3, -0.25) is 9.69 Å². The van der Waals surface area contributed by atoms with Crippen LogP contribution in [0.5, 0.6) is 0 Å². The van der Waals surface area contributed by atoms with Gasteiger partial charge in [-0.15, -0.1) is 0 Å². The molecule has 1 saturated carbocycles. The number of nitrogens with zero attached hydrogens (tertiary/aromatic N) is 2. The van der Waals surface area contributed by atoms with Gasteiger partial charge >= 0.3 is 5.97 Å². The van der Waals surface area contributed by atoms with Gasteiger partial charge in [-0.2, -0.15) is 0 Å². The Balaban J connectivity index is 1.67. The van der Waals surface area contributed by atoms with Crippen molar-refractivity contribution >= 4 is 11.9 Å². The van der Waals surface area contributed by atoms with Gasteiger partial charge in [0.05, 0.1) is 12.1 Å². The molecule has 112 valence electrons. The van der Waals surface area contributed by atoms with Crippen LogP contribution in [0.25, 0.3) is 0 Å². The number of fused-ring (bicyclic) bond motifs is 1. The van der Waals surface area contributed by atoms with E-state index in [9.17, 15) is 9.59 Å². The summed E-state index contributed by atoms with van der Waals surface area (Å²) in [6.45, 7) is 1.92. The van der Waals surface area contributed by atoms with Gasteiger partial charge in [-0.05, 0) is 42.5 Å². The molecule has 0 bridgehead atoms. The van der Waals surface area contributed by atoms with Gasteiger partial charge in [0.25, 0.3) is 0 Å². The maximum absolute atomic E-state index is 12.2. The van der Waals surface area contributed by atoms with Crippen LogP contribution in [0.2, 0.25) is 0 Å². The molecule has 1 aromatic carbocycles. The van der Waals surface area contributed by atoms with Crippen molar-refractivity contribution in [3.05, 3.63) is 34.9 Å². The minimum atomic E-state index is -0.903. The number of aromatic carboxylic acids is 1. The zero-order valence-electron chi connectivity index (χ0n) is 12.2. The second-order valence-corrected chi connectivity index (χ2v) is 5.99. The number of carboxylic acid groups (broad SMARTS) is 1. The molecule has 2 aliphatic rings. The fraction of sp³-hybridized carbons (Fsp3) is 0.500. The third-order valence-electron chi connectivity index (χ3n) is 4.39. The molecule has 1 aliphatic heterocycles. The highest BCUT2D eigenvalue weighted by molar-refractivity contribution is 5.88. The van der Waals surface area contributed by atoms with Crippen molar-refractivity contribution in [2.24, 2.45) is 0 Å². The van der Waals surface area contributed by atoms with Gasteiger partial charge in [-0.25, -0.2) is 4.79 Å². The molecule has 0 aromatic heterocycles. The summed E-state index contributed by atoms with van der Waals surface area (Å²) in [5, 5.41) is 9.06. The summed E-state index contributed by atoms with van der Waals surface area (Å²) in [5.41, 5.74) is 2.54. The van der Waals surface area contributed by atoms with Crippen LogP contribution in [0.15, 0.2) is 18.2 Å². The molecule has 1 fully saturated rings. The average molecular weight is 288 g/mol. The van der Waals surface area contributed by atoms with Crippen LogP contribution in [0.1, 0.15) is 34.3 Å². The minimum absolute atomic E-state index is 0.162. The van der Waals surface area contributed by atoms with Gasteiger partial charge < -0.3 is 10.0 Å². The average Bonchev–Trinajstić information content (AvgIpc) is 3.30. The summed E-state index contributed by atoms with van der Waals surface area (Å²) >= 11 is 0. The first-order chi connectivity index (χ1) is 10.0. The standard InChI is InChI=1S/C16H20N2O3/c1-17(14-4-5-14)15(19)10-18-7-6-11-2-3-12(16(20)21)8-13(11)9-18/h2-3,8,14H,4-7,9-10H2,1H3,(H,20,21). The van der Waals surface area contributed by atoms with Gasteiger partial charge in [0.1, 0.15) is 0 Å². The van der Waals surface area contributed by atoms with E-state index in [0.29, 0.717) is 24.7 Å². The summed E-state index contributed by atoms with van der Waals surface area (Å²) in [6.07, 6.45) is 3.11. The van der Waals surface area contributed by atoms with Crippen LogP contribution in [-0.4, -0.2) is 53.0 Å². The highest BCUT2D eigenvalue weighted by Gasteiger charge is 2.30. The second-order valence-electron chi connectivity index (χ2n) is 5.99. The highest BCUT2D eigenvalue weighted by Crippen LogP contribution is 2.26. The lowest BCUT2D eigenvalue weighted by Crippen LogP contribution is -2.41. The van der Waals surface area contributed by atoms with Crippen LogP contribution in [0.4, 0.5) is 0 Å². The van der Waals surface area contributed by atoms with E-state index in [0.717, 1.165) is 31.4 Å². The molecular weight excluding hydrogens is 268 g/mol. The van der Waals surface area contributed by atoms with Gasteiger partial charge in [0.15, 0.2) is 0 Å². The normalized spacial score (nSPS) is 18.1. The Kier molecular flexibility index (Phi) is 3.68. The second kappa shape index (κ2) is 5.48. The fourth-order valence-electron chi connectivity index (χ4n) is 2.85. The molecule has 1 aliphatic carbocycles. The van der Waals surface area contributed by atoms with Crippen molar-refractivity contribution in [2.75, 3.05) is 20.1 Å². The Morgan fingerprint density at radius 2 is 2.10 bits per heavy atom. The van der Waals surface area contributed by atoms with E-state index >= 15 is 0 Å². The molecular formula is C16H20N2O3.